The van der Waals surface area contributed by atoms with Crippen LogP contribution in [-0.2, 0) is 16.0 Å². The molecule has 0 fully saturated rings. The average molecular weight is 291 g/mol. The topological polar surface area (TPSA) is 51.0 Å². The molecule has 0 saturated carbocycles. The number of nitrogens with two attached hydrogens (primary N) is 1. The molecule has 2 heterocycles. The number of nitrogen functional groups attached to an aromatic ring is 1. The number of ether oxygens (including phenoxy) is 1. The van der Waals surface area contributed by atoms with Gasteiger partial charge in [0, 0.05) is 17.9 Å². The Kier molecular flexibility index (Phi) is 3.50. The molecule has 6 heteroatoms. The molecular weight excluding hydrogens is 274 g/mol. The van der Waals surface area contributed by atoms with E-state index < -0.39 is 0 Å². The van der Waals surface area contributed by atoms with Gasteiger partial charge in [-0.05, 0) is 41.9 Å². The zero-order chi connectivity index (χ0) is 14.1. The molecule has 20 heavy (non-hydrogen) atoms. The number of methoxy groups -OCH3 is 1. The van der Waals surface area contributed by atoms with Crippen molar-refractivity contribution in [2.24, 2.45) is 0 Å². The monoisotopic (exact) mass is 291 g/mol. The van der Waals surface area contributed by atoms with E-state index in [9.17, 15) is 0 Å². The van der Waals surface area contributed by atoms with Crippen molar-refractivity contribution in [1.82, 2.24) is 5.06 Å². The first kappa shape index (κ1) is 13.2. The number of rotatable bonds is 3. The van der Waals surface area contributed by atoms with Gasteiger partial charge in [-0.25, -0.2) is 5.06 Å². The summed E-state index contributed by atoms with van der Waals surface area (Å²) < 4.78 is 5.34. The second-order valence-electron chi connectivity index (χ2n) is 4.55. The third kappa shape index (κ3) is 2.32. The molecule has 0 radical (unpaired) electrons. The molecule has 0 bridgehead atoms. The molecule has 3 rings (SSSR count). The van der Waals surface area contributed by atoms with Crippen molar-refractivity contribution in [3.05, 3.63) is 46.3 Å². The van der Waals surface area contributed by atoms with Crippen LogP contribution < -0.4 is 10.6 Å². The smallest absolute Gasteiger partial charge is 0.177 e. The summed E-state index contributed by atoms with van der Waals surface area (Å²) in [5, 5.41) is 3.53. The predicted octanol–water partition coefficient (Wildman–Crippen LogP) is 2.49. The molecule has 1 aromatic rings. The maximum atomic E-state index is 5.85. The number of benzene rings is 1. The van der Waals surface area contributed by atoms with E-state index in [4.69, 9.17) is 15.3 Å². The number of thioether (sulfide) groups is 1. The largest absolute Gasteiger partial charge is 0.488 e. The van der Waals surface area contributed by atoms with E-state index in [0.717, 1.165) is 28.8 Å². The summed E-state index contributed by atoms with van der Waals surface area (Å²) in [6.45, 7) is 0.937. The summed E-state index contributed by atoms with van der Waals surface area (Å²) in [4.78, 5) is 7.52. The van der Waals surface area contributed by atoms with Crippen LogP contribution in [-0.4, -0.2) is 25.8 Å². The molecule has 2 N–H and O–H groups in total. The number of fused-ring (bicyclic) bond motifs is 1. The van der Waals surface area contributed by atoms with Crippen molar-refractivity contribution in [3.8, 4) is 0 Å². The number of hydrogen-bond acceptors (Lipinski definition) is 6. The Morgan fingerprint density at radius 2 is 2.10 bits per heavy atom. The predicted molar refractivity (Wildman–Crippen MR) is 81.5 cm³/mol. The van der Waals surface area contributed by atoms with Gasteiger partial charge in [-0.2, -0.15) is 0 Å². The Labute approximate surface area is 122 Å². The minimum absolute atomic E-state index is 0.799. The highest BCUT2D eigenvalue weighted by Crippen LogP contribution is 2.40. The SMILES string of the molecule is COC1=CN(OC)C=C(N2CCc3cc(N)ccc32)S1. The van der Waals surface area contributed by atoms with Gasteiger partial charge in [0.1, 0.15) is 5.03 Å². The molecule has 106 valence electrons. The van der Waals surface area contributed by atoms with Gasteiger partial charge >= 0.3 is 0 Å². The summed E-state index contributed by atoms with van der Waals surface area (Å²) in [6.07, 6.45) is 4.77. The highest BCUT2D eigenvalue weighted by atomic mass is 32.2. The van der Waals surface area contributed by atoms with Crippen LogP contribution in [0.3, 0.4) is 0 Å². The Morgan fingerprint density at radius 1 is 1.25 bits per heavy atom. The van der Waals surface area contributed by atoms with Crippen LogP contribution in [0.1, 0.15) is 5.56 Å². The molecule has 0 amide bonds. The minimum Gasteiger partial charge on any atom is -0.488 e. The molecule has 2 aliphatic heterocycles. The molecule has 1 aromatic carbocycles. The van der Waals surface area contributed by atoms with E-state index in [1.165, 1.54) is 11.3 Å². The van der Waals surface area contributed by atoms with Gasteiger partial charge in [0.2, 0.25) is 0 Å². The van der Waals surface area contributed by atoms with Crippen LogP contribution in [0.5, 0.6) is 0 Å². The van der Waals surface area contributed by atoms with Crippen LogP contribution >= 0.6 is 11.8 Å². The van der Waals surface area contributed by atoms with Crippen molar-refractivity contribution in [1.29, 1.82) is 0 Å². The van der Waals surface area contributed by atoms with Crippen molar-refractivity contribution < 1.29 is 9.57 Å². The Morgan fingerprint density at radius 3 is 2.85 bits per heavy atom. The van der Waals surface area contributed by atoms with Gasteiger partial charge in [-0.1, -0.05) is 0 Å². The first-order chi connectivity index (χ1) is 9.71. The number of anilines is 2. The first-order valence-corrected chi connectivity index (χ1v) is 7.17. The molecule has 0 spiro atoms. The summed E-state index contributed by atoms with van der Waals surface area (Å²) in [5.74, 6) is 0. The molecule has 5 nitrogen and oxygen atoms in total. The van der Waals surface area contributed by atoms with Crippen molar-refractivity contribution in [2.75, 3.05) is 31.4 Å². The fraction of sp³-hybridized carbons (Fsp3) is 0.286. The minimum atomic E-state index is 0.799. The van der Waals surface area contributed by atoms with Gasteiger partial charge in [-0.3, -0.25) is 4.84 Å². The second kappa shape index (κ2) is 5.30. The zero-order valence-corrected chi connectivity index (χ0v) is 12.3. The number of hydroxylamine groups is 2. The fourth-order valence-electron chi connectivity index (χ4n) is 2.38. The van der Waals surface area contributed by atoms with Crippen LogP contribution in [0.4, 0.5) is 11.4 Å². The first-order valence-electron chi connectivity index (χ1n) is 6.35. The lowest BCUT2D eigenvalue weighted by atomic mass is 10.1. The molecule has 0 unspecified atom stereocenters. The third-order valence-corrected chi connectivity index (χ3v) is 4.36. The normalized spacial score (nSPS) is 17.7. The van der Waals surface area contributed by atoms with Gasteiger partial charge in [-0.15, -0.1) is 0 Å². The van der Waals surface area contributed by atoms with Crippen molar-refractivity contribution in [2.45, 2.75) is 6.42 Å². The Hall–Kier alpha value is -1.79. The fourth-order valence-corrected chi connectivity index (χ4v) is 3.28. The quantitative estimate of drug-likeness (QED) is 0.864. The maximum Gasteiger partial charge on any atom is 0.177 e. The molecule has 0 aromatic heterocycles. The van der Waals surface area contributed by atoms with Gasteiger partial charge < -0.3 is 15.4 Å². The lowest BCUT2D eigenvalue weighted by molar-refractivity contribution is -0.0469. The lowest BCUT2D eigenvalue weighted by Gasteiger charge is -2.28. The zero-order valence-electron chi connectivity index (χ0n) is 11.5. The third-order valence-electron chi connectivity index (χ3n) is 3.35. The van der Waals surface area contributed by atoms with E-state index in [0.29, 0.717) is 0 Å². The Bertz CT molecular complexity index is 586. The van der Waals surface area contributed by atoms with E-state index in [1.54, 1.807) is 31.0 Å². The lowest BCUT2D eigenvalue weighted by Crippen LogP contribution is -2.23. The van der Waals surface area contributed by atoms with Gasteiger partial charge in [0.25, 0.3) is 0 Å². The number of nitrogens with zero attached hydrogens (tertiary/aromatic N) is 2. The summed E-state index contributed by atoms with van der Waals surface area (Å²) >= 11 is 1.59. The summed E-state index contributed by atoms with van der Waals surface area (Å²) in [7, 11) is 3.29. The summed E-state index contributed by atoms with van der Waals surface area (Å²) in [6, 6.07) is 6.05. The molecule has 0 saturated heterocycles. The van der Waals surface area contributed by atoms with Crippen molar-refractivity contribution in [3.63, 3.8) is 0 Å². The van der Waals surface area contributed by atoms with E-state index in [1.807, 2.05) is 24.5 Å². The average Bonchev–Trinajstić information content (AvgIpc) is 2.89. The van der Waals surface area contributed by atoms with Crippen LogP contribution in [0.15, 0.2) is 40.7 Å². The number of hydrogen-bond donors (Lipinski definition) is 1. The molecular formula is C14H17N3O2S. The molecule has 2 aliphatic rings. The van der Waals surface area contributed by atoms with Crippen LogP contribution in [0.25, 0.3) is 0 Å². The van der Waals surface area contributed by atoms with Gasteiger partial charge in [0.15, 0.2) is 5.09 Å². The van der Waals surface area contributed by atoms with E-state index in [-0.39, 0.29) is 0 Å². The van der Waals surface area contributed by atoms with E-state index >= 15 is 0 Å². The standard InChI is InChI=1S/C14H17N3O2S/c1-18-14-9-16(19-2)8-13(20-14)17-6-5-10-7-11(15)3-4-12(10)17/h3-4,7-9H,5-6,15H2,1-2H3. The van der Waals surface area contributed by atoms with E-state index in [2.05, 4.69) is 11.0 Å². The highest BCUT2D eigenvalue weighted by Gasteiger charge is 2.26. The van der Waals surface area contributed by atoms with Gasteiger partial charge in [0.05, 0.1) is 26.6 Å². The Balaban J connectivity index is 1.90. The van der Waals surface area contributed by atoms with Crippen LogP contribution in [0, 0.1) is 0 Å². The van der Waals surface area contributed by atoms with Crippen LogP contribution in [0.2, 0.25) is 0 Å². The van der Waals surface area contributed by atoms with Crippen molar-refractivity contribution >= 4 is 23.1 Å². The second-order valence-corrected chi connectivity index (χ2v) is 5.58. The summed E-state index contributed by atoms with van der Waals surface area (Å²) in [5.41, 5.74) is 9.14. The maximum absolute atomic E-state index is 5.85. The molecule has 0 atom stereocenters. The molecule has 0 aliphatic carbocycles. The highest BCUT2D eigenvalue weighted by molar-refractivity contribution is 8.06.